The fourth-order valence-corrected chi connectivity index (χ4v) is 6.97. The molecule has 2 saturated heterocycles. The summed E-state index contributed by atoms with van der Waals surface area (Å²) < 4.78 is 24.7. The molecule has 3 heterocycles. The third-order valence-corrected chi connectivity index (χ3v) is 8.00. The van der Waals surface area contributed by atoms with Gasteiger partial charge in [-0.1, -0.05) is 0 Å². The molecule has 0 unspecified atom stereocenters. The van der Waals surface area contributed by atoms with Crippen molar-refractivity contribution in [2.24, 2.45) is 5.92 Å². The minimum absolute atomic E-state index is 0.00269. The van der Waals surface area contributed by atoms with Crippen LogP contribution in [-0.4, -0.2) is 84.9 Å². The van der Waals surface area contributed by atoms with Crippen LogP contribution in [0.1, 0.15) is 20.4 Å². The van der Waals surface area contributed by atoms with E-state index in [1.807, 2.05) is 32.8 Å². The topological polar surface area (TPSA) is 108 Å². The molecule has 2 fully saturated rings. The van der Waals surface area contributed by atoms with Gasteiger partial charge in [0.2, 0.25) is 0 Å². The van der Waals surface area contributed by atoms with Crippen LogP contribution >= 0.6 is 11.3 Å². The lowest BCUT2D eigenvalue weighted by Crippen LogP contribution is -2.38. The first kappa shape index (κ1) is 19.8. The van der Waals surface area contributed by atoms with Crippen molar-refractivity contribution in [3.63, 3.8) is 0 Å². The number of carboxylic acid groups (broad SMARTS) is 1. The van der Waals surface area contributed by atoms with Crippen molar-refractivity contribution < 1.29 is 23.1 Å². The van der Waals surface area contributed by atoms with Gasteiger partial charge in [0.15, 0.2) is 9.84 Å². The van der Waals surface area contributed by atoms with E-state index < -0.39 is 15.1 Å². The van der Waals surface area contributed by atoms with Crippen LogP contribution < -0.4 is 0 Å². The molecule has 0 spiro atoms. The number of hydrogen-bond acceptors (Lipinski definition) is 7. The molecule has 0 bridgehead atoms. The van der Waals surface area contributed by atoms with Crippen molar-refractivity contribution in [2.45, 2.75) is 25.1 Å². The zero-order chi connectivity index (χ0) is 18.9. The average molecular weight is 389 g/mol. The Morgan fingerprint density at radius 2 is 1.96 bits per heavy atom. The number of fused-ring (bicyclic) bond motifs is 1. The van der Waals surface area contributed by atoms with Gasteiger partial charge in [0.05, 0.1) is 21.7 Å². The van der Waals surface area contributed by atoms with Crippen molar-refractivity contribution in [3.8, 4) is 0 Å². The Kier molecular flexibility index (Phi) is 5.85. The molecular weight excluding hydrogens is 366 g/mol. The lowest BCUT2D eigenvalue weighted by atomic mass is 10.00. The second-order valence-corrected chi connectivity index (χ2v) is 9.99. The SMILES string of the molecule is Cc1nc(C)c(C(=O)N2C[C@H]3[C@H](N(C)C)CS(=O)(=O)[C@H]3C2)s1.O=CO. The molecule has 140 valence electrons. The molecule has 25 heavy (non-hydrogen) atoms. The summed E-state index contributed by atoms with van der Waals surface area (Å²) in [7, 11) is 0.694. The molecular formula is C15H23N3O5S2. The van der Waals surface area contributed by atoms with Crippen LogP contribution in [0.3, 0.4) is 0 Å². The molecule has 1 N–H and O–H groups in total. The summed E-state index contributed by atoms with van der Waals surface area (Å²) >= 11 is 1.38. The molecule has 1 aromatic rings. The number of carbonyl (C=O) groups excluding carboxylic acids is 1. The summed E-state index contributed by atoms with van der Waals surface area (Å²) in [6, 6.07) is -0.00269. The molecule has 8 nitrogen and oxygen atoms in total. The van der Waals surface area contributed by atoms with Crippen molar-refractivity contribution in [3.05, 3.63) is 15.6 Å². The summed E-state index contributed by atoms with van der Waals surface area (Å²) in [4.78, 5) is 29.6. The van der Waals surface area contributed by atoms with E-state index >= 15 is 0 Å². The second-order valence-electron chi connectivity index (χ2n) is 6.53. The van der Waals surface area contributed by atoms with Crippen LogP contribution in [0.5, 0.6) is 0 Å². The van der Waals surface area contributed by atoms with Crippen LogP contribution in [0.15, 0.2) is 0 Å². The highest BCUT2D eigenvalue weighted by molar-refractivity contribution is 7.92. The van der Waals surface area contributed by atoms with Crippen LogP contribution in [0.25, 0.3) is 0 Å². The van der Waals surface area contributed by atoms with E-state index in [0.29, 0.717) is 18.0 Å². The second kappa shape index (κ2) is 7.38. The Labute approximate surface area is 151 Å². The number of nitrogens with zero attached hydrogens (tertiary/aromatic N) is 3. The predicted octanol–water partition coefficient (Wildman–Crippen LogP) is 0.260. The van der Waals surface area contributed by atoms with Crippen molar-refractivity contribution >= 4 is 33.6 Å². The van der Waals surface area contributed by atoms with Crippen LogP contribution in [0.2, 0.25) is 0 Å². The van der Waals surface area contributed by atoms with E-state index in [0.717, 1.165) is 10.7 Å². The van der Waals surface area contributed by atoms with Gasteiger partial charge in [-0.15, -0.1) is 11.3 Å². The van der Waals surface area contributed by atoms with Gasteiger partial charge in [0.1, 0.15) is 4.88 Å². The Bertz CT molecular complexity index is 759. The summed E-state index contributed by atoms with van der Waals surface area (Å²) in [5.41, 5.74) is 0.733. The number of sulfone groups is 1. The number of hydrogen-bond donors (Lipinski definition) is 1. The van der Waals surface area contributed by atoms with Gasteiger partial charge in [0, 0.05) is 25.0 Å². The minimum atomic E-state index is -3.12. The van der Waals surface area contributed by atoms with E-state index in [-0.39, 0.29) is 30.1 Å². The van der Waals surface area contributed by atoms with Crippen molar-refractivity contribution in [2.75, 3.05) is 32.9 Å². The Morgan fingerprint density at radius 3 is 2.44 bits per heavy atom. The lowest BCUT2D eigenvalue weighted by Gasteiger charge is -2.24. The summed E-state index contributed by atoms with van der Waals surface area (Å²) in [5, 5.41) is 7.33. The molecule has 0 radical (unpaired) electrons. The first-order valence-electron chi connectivity index (χ1n) is 7.81. The summed E-state index contributed by atoms with van der Waals surface area (Å²) in [6.07, 6.45) is 0. The van der Waals surface area contributed by atoms with E-state index in [9.17, 15) is 13.2 Å². The molecule has 2 aliphatic heterocycles. The normalized spacial score (nSPS) is 26.9. The van der Waals surface area contributed by atoms with Gasteiger partial charge >= 0.3 is 0 Å². The van der Waals surface area contributed by atoms with E-state index in [2.05, 4.69) is 4.98 Å². The van der Waals surface area contributed by atoms with E-state index in [1.54, 1.807) is 4.90 Å². The van der Waals surface area contributed by atoms with Crippen LogP contribution in [0.4, 0.5) is 0 Å². The molecule has 2 aliphatic rings. The molecule has 0 aromatic carbocycles. The summed E-state index contributed by atoms with van der Waals surface area (Å²) in [6.45, 7) is 4.28. The maximum Gasteiger partial charge on any atom is 0.290 e. The third-order valence-electron chi connectivity index (χ3n) is 4.72. The molecule has 3 atom stereocenters. The molecule has 0 saturated carbocycles. The maximum atomic E-state index is 12.7. The fraction of sp³-hybridized carbons (Fsp3) is 0.667. The molecule has 3 rings (SSSR count). The van der Waals surface area contributed by atoms with Crippen LogP contribution in [-0.2, 0) is 14.6 Å². The standard InChI is InChI=1S/C14H21N3O3S2.CH2O2/c1-8-13(21-9(2)15-8)14(18)17-5-10-11(16(3)4)7-22(19,20)12(10)6-17;2-1-3/h10-12H,5-7H2,1-4H3;1H,(H,2,3)/t10-,11+,12-;/m0./s1. The van der Waals surface area contributed by atoms with Crippen molar-refractivity contribution in [1.29, 1.82) is 0 Å². The van der Waals surface area contributed by atoms with Crippen LogP contribution in [0, 0.1) is 19.8 Å². The fourth-order valence-electron chi connectivity index (χ4n) is 3.60. The summed E-state index contributed by atoms with van der Waals surface area (Å²) in [5.74, 6) is 0.138. The van der Waals surface area contributed by atoms with E-state index in [1.165, 1.54) is 11.3 Å². The first-order chi connectivity index (χ1) is 11.6. The quantitative estimate of drug-likeness (QED) is 0.723. The number of aryl methyl sites for hydroxylation is 2. The highest BCUT2D eigenvalue weighted by Gasteiger charge is 2.53. The molecule has 0 aliphatic carbocycles. The predicted molar refractivity (Wildman–Crippen MR) is 94.7 cm³/mol. The number of thiazole rings is 1. The van der Waals surface area contributed by atoms with Gasteiger partial charge in [-0.3, -0.25) is 9.59 Å². The highest BCUT2D eigenvalue weighted by atomic mass is 32.2. The number of carbonyl (C=O) groups is 2. The number of aromatic nitrogens is 1. The third kappa shape index (κ3) is 3.85. The van der Waals surface area contributed by atoms with Crippen molar-refractivity contribution in [1.82, 2.24) is 14.8 Å². The Balaban J connectivity index is 0.000000701. The van der Waals surface area contributed by atoms with Gasteiger partial charge in [0.25, 0.3) is 12.4 Å². The molecule has 10 heteroatoms. The largest absolute Gasteiger partial charge is 0.483 e. The molecule has 1 aromatic heterocycles. The Morgan fingerprint density at radius 1 is 1.36 bits per heavy atom. The smallest absolute Gasteiger partial charge is 0.290 e. The molecule has 1 amide bonds. The highest BCUT2D eigenvalue weighted by Crippen LogP contribution is 2.37. The number of likely N-dealkylation sites (tertiary alicyclic amines) is 1. The average Bonchev–Trinajstić information content (AvgIpc) is 3.14. The maximum absolute atomic E-state index is 12.7. The van der Waals surface area contributed by atoms with Gasteiger partial charge in [-0.25, -0.2) is 13.4 Å². The minimum Gasteiger partial charge on any atom is -0.483 e. The lowest BCUT2D eigenvalue weighted by molar-refractivity contribution is -0.122. The van der Waals surface area contributed by atoms with Gasteiger partial charge < -0.3 is 14.9 Å². The Hall–Kier alpha value is -1.52. The first-order valence-corrected chi connectivity index (χ1v) is 10.3. The monoisotopic (exact) mass is 389 g/mol. The zero-order valence-corrected chi connectivity index (χ0v) is 16.3. The number of rotatable bonds is 2. The van der Waals surface area contributed by atoms with E-state index in [4.69, 9.17) is 9.90 Å². The van der Waals surface area contributed by atoms with Gasteiger partial charge in [-0.2, -0.15) is 0 Å². The zero-order valence-electron chi connectivity index (χ0n) is 14.7. The number of amides is 1. The van der Waals surface area contributed by atoms with Gasteiger partial charge in [-0.05, 0) is 27.9 Å².